The zero-order chi connectivity index (χ0) is 74.7. The number of fused-ring (bicyclic) bond motifs is 2. The Morgan fingerprint density at radius 3 is 2.26 bits per heavy atom. The highest BCUT2D eigenvalue weighted by Gasteiger charge is 2.46. The van der Waals surface area contributed by atoms with E-state index in [1.54, 1.807) is 10.8 Å². The molecule has 1 saturated heterocycles. The number of carbonyl (C=O) groups excluding carboxylic acids is 4. The van der Waals surface area contributed by atoms with Crippen molar-refractivity contribution in [3.05, 3.63) is 70.7 Å². The number of nitrogens with one attached hydrogen (secondary N) is 2. The maximum Gasteiger partial charge on any atom is 0.490 e. The van der Waals surface area contributed by atoms with Crippen LogP contribution in [0.2, 0.25) is 0 Å². The van der Waals surface area contributed by atoms with Crippen LogP contribution in [-0.4, -0.2) is 192 Å². The van der Waals surface area contributed by atoms with E-state index in [9.17, 15) is 78.5 Å². The Kier molecular flexibility index (Phi) is 31.9. The number of carboxylic acids is 1. The Bertz CT molecular complexity index is 4210. The van der Waals surface area contributed by atoms with E-state index in [0.29, 0.717) is 37.6 Å². The van der Waals surface area contributed by atoms with Gasteiger partial charge in [-0.2, -0.15) is 25.5 Å². The number of anilines is 1. The molecule has 4 aliphatic rings. The number of rotatable bonds is 41. The number of phosphoric ester groups is 1. The molecular formula is C56H76N6O30P3S6+. The van der Waals surface area contributed by atoms with Gasteiger partial charge in [0.1, 0.15) is 24.4 Å². The molecular weight excluding hydrogens is 1520 g/mol. The third-order valence-corrected chi connectivity index (χ3v) is 24.9. The van der Waals surface area contributed by atoms with E-state index in [1.165, 1.54) is 41.3 Å². The summed E-state index contributed by atoms with van der Waals surface area (Å²) in [4.78, 5) is 100. The van der Waals surface area contributed by atoms with E-state index in [1.807, 2.05) is 20.8 Å². The van der Waals surface area contributed by atoms with Gasteiger partial charge in [-0.1, -0.05) is 55.9 Å². The van der Waals surface area contributed by atoms with E-state index < -0.39 is 152 Å². The van der Waals surface area contributed by atoms with Gasteiger partial charge in [-0.3, -0.25) is 33.5 Å². The fraction of sp³-hybridized carbons (Fsp3) is 0.500. The molecule has 7 atom stereocenters. The van der Waals surface area contributed by atoms with E-state index in [-0.39, 0.29) is 122 Å². The molecule has 4 unspecified atom stereocenters. The molecule has 0 radical (unpaired) electrons. The molecule has 3 aliphatic heterocycles. The molecule has 0 saturated carbocycles. The molecule has 6 rings (SSSR count). The van der Waals surface area contributed by atoms with Crippen molar-refractivity contribution in [2.45, 2.75) is 111 Å². The van der Waals surface area contributed by atoms with Crippen LogP contribution >= 0.6 is 45.1 Å². The number of alkyl carbamates (subject to hydrolysis) is 1. The van der Waals surface area contributed by atoms with Gasteiger partial charge < -0.3 is 84.4 Å². The number of phosphoric acid groups is 3. The second-order valence-corrected chi connectivity index (χ2v) is 35.4. The number of aromatic carboxylic acids is 1. The van der Waals surface area contributed by atoms with Crippen LogP contribution in [-0.2, 0) is 106 Å². The maximum atomic E-state index is 13.5. The Morgan fingerprint density at radius 2 is 1.57 bits per heavy atom. The van der Waals surface area contributed by atoms with Gasteiger partial charge in [0.2, 0.25) is 10.3 Å². The summed E-state index contributed by atoms with van der Waals surface area (Å²) in [5.41, 5.74) is 10.1. The first-order chi connectivity index (χ1) is 47.3. The highest BCUT2D eigenvalue weighted by Crippen LogP contribution is 2.66. The minimum atomic E-state index is -5.80. The second kappa shape index (κ2) is 38.1. The lowest BCUT2D eigenvalue weighted by Crippen LogP contribution is -2.54. The number of hydrogen-bond donors (Lipinski definition) is 12. The molecule has 45 heteroatoms. The number of hydrogen-bond acceptors (Lipinski definition) is 28. The van der Waals surface area contributed by atoms with E-state index >= 15 is 0 Å². The predicted octanol–water partition coefficient (Wildman–Crippen LogP) is 4.09. The lowest BCUT2D eigenvalue weighted by molar-refractivity contribution is -0.176. The Morgan fingerprint density at radius 1 is 0.881 bits per heavy atom. The fourth-order valence-corrected chi connectivity index (χ4v) is 16.9. The van der Waals surface area contributed by atoms with Crippen LogP contribution < -0.4 is 32.9 Å². The highest BCUT2D eigenvalue weighted by atomic mass is 33.1. The van der Waals surface area contributed by atoms with Gasteiger partial charge in [0.15, 0.2) is 22.0 Å². The molecule has 2 aromatic carbocycles. The molecule has 101 heavy (non-hydrogen) atoms. The van der Waals surface area contributed by atoms with Gasteiger partial charge in [0.25, 0.3) is 10.1 Å². The first-order valence-electron chi connectivity index (χ1n) is 30.1. The van der Waals surface area contributed by atoms with Crippen LogP contribution in [0.1, 0.15) is 92.9 Å². The zero-order valence-corrected chi connectivity index (χ0v) is 61.6. The van der Waals surface area contributed by atoms with Crippen molar-refractivity contribution in [2.24, 2.45) is 5.73 Å². The average molecular weight is 1600 g/mol. The molecule has 0 bridgehead atoms. The van der Waals surface area contributed by atoms with Gasteiger partial charge in [-0.05, 0) is 92.4 Å². The maximum absolute atomic E-state index is 13.5. The van der Waals surface area contributed by atoms with Gasteiger partial charge in [0.05, 0.1) is 74.9 Å². The quantitative estimate of drug-likeness (QED) is 0.00284. The molecule has 15 N–H and O–H groups in total. The predicted molar refractivity (Wildman–Crippen MR) is 365 cm³/mol. The molecule has 0 spiro atoms. The summed E-state index contributed by atoms with van der Waals surface area (Å²) in [6.07, 6.45) is -1.83. The molecule has 0 aromatic heterocycles. The largest absolute Gasteiger partial charge is 0.490 e. The van der Waals surface area contributed by atoms with Crippen molar-refractivity contribution >= 4 is 132 Å². The molecule has 3 amide bonds. The van der Waals surface area contributed by atoms with Crippen LogP contribution in [0.25, 0.3) is 33.4 Å². The topological polar surface area (TPSA) is 557 Å². The number of amides is 3. The normalized spacial score (nSPS) is 18.2. The number of urea groups is 1. The second-order valence-electron chi connectivity index (χ2n) is 22.2. The third-order valence-electron chi connectivity index (χ3n) is 14.1. The minimum Gasteiger partial charge on any atom is -0.478 e. The van der Waals surface area contributed by atoms with Gasteiger partial charge in [0, 0.05) is 78.1 Å². The number of benzene rings is 3. The summed E-state index contributed by atoms with van der Waals surface area (Å²) in [6, 6.07) is 7.58. The van der Waals surface area contributed by atoms with Gasteiger partial charge in [-0.25, -0.2) is 28.1 Å². The molecule has 2 aromatic rings. The van der Waals surface area contributed by atoms with Crippen molar-refractivity contribution in [1.29, 1.82) is 0 Å². The zero-order valence-electron chi connectivity index (χ0n) is 54.1. The summed E-state index contributed by atoms with van der Waals surface area (Å²) in [5, 5.41) is 20.6. The molecule has 36 nitrogen and oxygen atoms in total. The van der Waals surface area contributed by atoms with Crippen LogP contribution in [0.5, 0.6) is 0 Å². The first-order valence-corrected chi connectivity index (χ1v) is 42.3. The van der Waals surface area contributed by atoms with Gasteiger partial charge >= 0.3 is 57.6 Å². The summed E-state index contributed by atoms with van der Waals surface area (Å²) >= 11 is 5.33. The van der Waals surface area contributed by atoms with Crippen molar-refractivity contribution in [1.82, 2.24) is 15.5 Å². The Labute approximate surface area is 593 Å². The number of carbonyl (C=O) groups is 5. The first kappa shape index (κ1) is 84.6. The fourth-order valence-electron chi connectivity index (χ4n) is 9.42. The number of Topliss-reactive ketones (excluding diaryl/α,β-unsaturated/α-hetero) is 1. The summed E-state index contributed by atoms with van der Waals surface area (Å²) in [5.74, 6) is 3.49. The van der Waals surface area contributed by atoms with E-state index in [0.717, 1.165) is 23.1 Å². The number of nitrogen functional groups attached to an aromatic ring is 1. The number of carboxylic acid groups (broad SMARTS) is 1. The molecule has 1 aliphatic carbocycles. The minimum absolute atomic E-state index is 0.0135. The SMILES string of the molecule is CCS(=S)CO[C@H]1C[C@H](N2C=C(C#CCCC(=O)OCCCCOCSSC(C)(C)CCOC(=O)NCCOCCOCCCC(=O)c3ccc(C(=O)O)c(-c4c5ccc(=[NH2+])c(S(=O)(=O)O)c-5oc5c(S(=O)(=O)O)c(N)ccc45)c3)C(N)NC2=O)O[C@@H]1COP(=O)(O)OP(=O)(O)OP(=O)(O)O. The van der Waals surface area contributed by atoms with Gasteiger partial charge in [-0.15, -0.1) is 0 Å². The van der Waals surface area contributed by atoms with Crippen LogP contribution in [0.4, 0.5) is 15.3 Å². The van der Waals surface area contributed by atoms with Crippen molar-refractivity contribution in [3.63, 3.8) is 0 Å². The molecule has 1 fully saturated rings. The molecule has 560 valence electrons. The number of esters is 1. The number of ether oxygens (including phenoxy) is 7. The number of unbranched alkanes of at least 4 members (excludes halogenated alkanes) is 1. The Balaban J connectivity index is 0.810. The Hall–Kier alpha value is -5.36. The standard InChI is InChI=1S/C56H75N6O30P3S6/c1-4-99(96)33-87-43-29-45(89-44(43)31-88-94(72,73)92-95(74,75)91-93(69,70)71)62-30-35(52(59)61-54(62)67)10-5-6-12-46(64)85-23-8-7-21-84-32-97-98-56(2,3)19-24-86-55(68)60-20-25-83-27-26-82-22-9-11-42(63)34-13-14-36(53(65)66)39(28-34)47-37-15-17-40(57)50(100(76,77)78)48(37)90-49-38(47)16-18-41(58)51(49)101(79,80)81/h13-18,28,30,43-45,52,57H,4,6-9,11-12,19-27,29,31-33,58-59H2,1-3H3,(H,60,68)(H,61,67)(H,65,66)(H,72,73)(H,74,75)(H2,69,70,71)(H,76,77,78)(H,79,80,81)/p+1/t43-,44+,45+,52?,99?/m0/s1. The third kappa shape index (κ3) is 26.6. The van der Waals surface area contributed by atoms with Crippen molar-refractivity contribution in [2.75, 3.05) is 82.8 Å². The smallest absolute Gasteiger partial charge is 0.478 e. The lowest BCUT2D eigenvalue weighted by atomic mass is 9.88. The van der Waals surface area contributed by atoms with E-state index in [4.69, 9.17) is 80.0 Å². The highest BCUT2D eigenvalue weighted by molar-refractivity contribution is 8.77. The summed E-state index contributed by atoms with van der Waals surface area (Å²) in [7, 11) is -24.9. The summed E-state index contributed by atoms with van der Waals surface area (Å²) in [6.45, 7) is 6.35. The van der Waals surface area contributed by atoms with Crippen molar-refractivity contribution < 1.29 is 144 Å². The monoisotopic (exact) mass is 1600 g/mol. The molecule has 3 heterocycles. The van der Waals surface area contributed by atoms with Crippen molar-refractivity contribution in [3.8, 4) is 34.3 Å². The van der Waals surface area contributed by atoms with Crippen LogP contribution in [0.3, 0.4) is 0 Å². The van der Waals surface area contributed by atoms with Crippen LogP contribution in [0, 0.1) is 11.8 Å². The lowest BCUT2D eigenvalue weighted by Gasteiger charge is -2.32. The number of nitrogens with zero attached hydrogens (tertiary/aromatic N) is 1. The summed E-state index contributed by atoms with van der Waals surface area (Å²) < 4.78 is 163. The van der Waals surface area contributed by atoms with Crippen LogP contribution in [0.15, 0.2) is 68.4 Å². The average Bonchev–Trinajstić information content (AvgIpc) is 1.53. The number of ketones is 1. The number of nitrogens with two attached hydrogens (primary N) is 3. The van der Waals surface area contributed by atoms with E-state index in [2.05, 4.69) is 31.1 Å².